The minimum absolute atomic E-state index is 0.00839. The first-order chi connectivity index (χ1) is 10.6. The second kappa shape index (κ2) is 5.80. The molecule has 0 radical (unpaired) electrons. The summed E-state index contributed by atoms with van der Waals surface area (Å²) in [7, 11) is 1.66. The van der Waals surface area contributed by atoms with Crippen molar-refractivity contribution in [2.45, 2.75) is 32.0 Å². The molecular formula is C14H19N5O3. The van der Waals surface area contributed by atoms with Gasteiger partial charge in [0.1, 0.15) is 12.1 Å². The van der Waals surface area contributed by atoms with E-state index in [1.807, 2.05) is 0 Å². The number of methoxy groups -OCH3 is 1. The van der Waals surface area contributed by atoms with Gasteiger partial charge in [-0.25, -0.2) is 0 Å². The van der Waals surface area contributed by atoms with Gasteiger partial charge in [-0.1, -0.05) is 5.16 Å². The minimum atomic E-state index is -0.143. The lowest BCUT2D eigenvalue weighted by molar-refractivity contribution is 0.0668. The summed E-state index contributed by atoms with van der Waals surface area (Å²) in [5.41, 5.74) is 6.72. The molecule has 0 unspecified atom stereocenters. The van der Waals surface area contributed by atoms with E-state index in [4.69, 9.17) is 15.0 Å². The van der Waals surface area contributed by atoms with E-state index >= 15 is 0 Å². The Balaban J connectivity index is 1.80. The lowest BCUT2D eigenvalue weighted by Gasteiger charge is -2.23. The third-order valence-electron chi connectivity index (χ3n) is 3.98. The maximum absolute atomic E-state index is 12.7. The highest BCUT2D eigenvalue weighted by molar-refractivity contribution is 5.93. The van der Waals surface area contributed by atoms with Crippen LogP contribution in [-0.4, -0.2) is 51.5 Å². The van der Waals surface area contributed by atoms with Gasteiger partial charge in [0, 0.05) is 25.4 Å². The van der Waals surface area contributed by atoms with Crippen molar-refractivity contribution in [3.63, 3.8) is 0 Å². The SMILES string of the molecule is CO[C@@H]1C[C@@H](Cn2ccc(N)n2)N(C(=O)c2nocc2C)C1. The first kappa shape index (κ1) is 14.6. The van der Waals surface area contributed by atoms with Gasteiger partial charge in [-0.2, -0.15) is 5.10 Å². The van der Waals surface area contributed by atoms with Crippen LogP contribution >= 0.6 is 0 Å². The highest BCUT2D eigenvalue weighted by Crippen LogP contribution is 2.24. The van der Waals surface area contributed by atoms with Crippen LogP contribution in [0.3, 0.4) is 0 Å². The maximum Gasteiger partial charge on any atom is 0.276 e. The summed E-state index contributed by atoms with van der Waals surface area (Å²) in [6.07, 6.45) is 4.03. The fourth-order valence-electron chi connectivity index (χ4n) is 2.79. The van der Waals surface area contributed by atoms with E-state index in [0.717, 1.165) is 12.0 Å². The van der Waals surface area contributed by atoms with Crippen LogP contribution in [0.4, 0.5) is 5.82 Å². The zero-order valence-corrected chi connectivity index (χ0v) is 12.6. The fraction of sp³-hybridized carbons (Fsp3) is 0.500. The van der Waals surface area contributed by atoms with Gasteiger partial charge in [-0.05, 0) is 19.4 Å². The molecule has 8 heteroatoms. The molecule has 2 N–H and O–H groups in total. The van der Waals surface area contributed by atoms with E-state index in [0.29, 0.717) is 24.6 Å². The third-order valence-corrected chi connectivity index (χ3v) is 3.98. The average molecular weight is 305 g/mol. The van der Waals surface area contributed by atoms with Crippen LogP contribution < -0.4 is 5.73 Å². The number of ether oxygens (including phenoxy) is 1. The Labute approximate surface area is 127 Å². The van der Waals surface area contributed by atoms with Crippen molar-refractivity contribution in [2.24, 2.45) is 0 Å². The highest BCUT2D eigenvalue weighted by atomic mass is 16.5. The molecule has 0 spiro atoms. The van der Waals surface area contributed by atoms with Crippen LogP contribution in [0.1, 0.15) is 22.5 Å². The van der Waals surface area contributed by atoms with E-state index in [-0.39, 0.29) is 18.1 Å². The molecular weight excluding hydrogens is 286 g/mol. The van der Waals surface area contributed by atoms with Gasteiger partial charge in [-0.3, -0.25) is 9.48 Å². The van der Waals surface area contributed by atoms with Gasteiger partial charge < -0.3 is 19.9 Å². The topological polar surface area (TPSA) is 99.4 Å². The molecule has 8 nitrogen and oxygen atoms in total. The van der Waals surface area contributed by atoms with Crippen molar-refractivity contribution < 1.29 is 14.1 Å². The summed E-state index contributed by atoms with van der Waals surface area (Å²) < 4.78 is 12.0. The predicted octanol–water partition coefficient (Wildman–Crippen LogP) is 0.691. The normalized spacial score (nSPS) is 21.5. The Morgan fingerprint density at radius 1 is 1.59 bits per heavy atom. The van der Waals surface area contributed by atoms with E-state index in [1.54, 1.807) is 35.9 Å². The number of likely N-dealkylation sites (tertiary alicyclic amines) is 1. The van der Waals surface area contributed by atoms with E-state index in [1.165, 1.54) is 6.26 Å². The van der Waals surface area contributed by atoms with Gasteiger partial charge in [-0.15, -0.1) is 0 Å². The van der Waals surface area contributed by atoms with Crippen molar-refractivity contribution in [3.05, 3.63) is 29.8 Å². The molecule has 1 aliphatic heterocycles. The van der Waals surface area contributed by atoms with E-state index in [2.05, 4.69) is 10.3 Å². The maximum atomic E-state index is 12.7. The van der Waals surface area contributed by atoms with Crippen molar-refractivity contribution in [2.75, 3.05) is 19.4 Å². The predicted molar refractivity (Wildman–Crippen MR) is 78.1 cm³/mol. The van der Waals surface area contributed by atoms with E-state index < -0.39 is 0 Å². The third kappa shape index (κ3) is 2.69. The molecule has 0 aromatic carbocycles. The number of aryl methyl sites for hydroxylation is 1. The number of amides is 1. The van der Waals surface area contributed by atoms with Crippen LogP contribution in [0, 0.1) is 6.92 Å². The first-order valence-electron chi connectivity index (χ1n) is 7.12. The summed E-state index contributed by atoms with van der Waals surface area (Å²) in [4.78, 5) is 14.5. The first-order valence-corrected chi connectivity index (χ1v) is 7.12. The highest BCUT2D eigenvalue weighted by Gasteiger charge is 2.37. The number of hydrogen-bond donors (Lipinski definition) is 1. The lowest BCUT2D eigenvalue weighted by atomic mass is 10.2. The number of carbonyl (C=O) groups is 1. The Morgan fingerprint density at radius 3 is 3.00 bits per heavy atom. The Hall–Kier alpha value is -2.35. The lowest BCUT2D eigenvalue weighted by Crippen LogP contribution is -2.39. The molecule has 1 fully saturated rings. The number of nitrogens with two attached hydrogens (primary N) is 1. The molecule has 22 heavy (non-hydrogen) atoms. The molecule has 2 aromatic rings. The summed E-state index contributed by atoms with van der Waals surface area (Å²) in [6, 6.07) is 1.71. The van der Waals surface area contributed by atoms with Gasteiger partial charge >= 0.3 is 0 Å². The molecule has 118 valence electrons. The number of hydrogen-bond acceptors (Lipinski definition) is 6. The van der Waals surface area contributed by atoms with Crippen LogP contribution in [0.15, 0.2) is 23.0 Å². The quantitative estimate of drug-likeness (QED) is 0.892. The average Bonchev–Trinajstić information content (AvgIpc) is 3.19. The number of aromatic nitrogens is 3. The molecule has 1 saturated heterocycles. The number of rotatable bonds is 4. The van der Waals surface area contributed by atoms with Crippen LogP contribution in [-0.2, 0) is 11.3 Å². The molecule has 1 aliphatic rings. The van der Waals surface area contributed by atoms with Crippen molar-refractivity contribution in [1.82, 2.24) is 19.8 Å². The molecule has 0 aliphatic carbocycles. The van der Waals surface area contributed by atoms with E-state index in [9.17, 15) is 4.79 Å². The Bertz CT molecular complexity index is 665. The van der Waals surface area contributed by atoms with Crippen LogP contribution in [0.25, 0.3) is 0 Å². The molecule has 3 heterocycles. The van der Waals surface area contributed by atoms with Crippen molar-refractivity contribution >= 4 is 11.7 Å². The largest absolute Gasteiger partial charge is 0.382 e. The molecule has 2 aromatic heterocycles. The number of nitrogen functional groups attached to an aromatic ring is 1. The Morgan fingerprint density at radius 2 is 2.41 bits per heavy atom. The van der Waals surface area contributed by atoms with Gasteiger partial charge in [0.2, 0.25) is 0 Å². The summed E-state index contributed by atoms with van der Waals surface area (Å²) >= 11 is 0. The number of anilines is 1. The fourth-order valence-corrected chi connectivity index (χ4v) is 2.79. The molecule has 3 rings (SSSR count). The summed E-state index contributed by atoms with van der Waals surface area (Å²) in [5.74, 6) is 0.322. The van der Waals surface area contributed by atoms with Crippen LogP contribution in [0.2, 0.25) is 0 Å². The van der Waals surface area contributed by atoms with Crippen molar-refractivity contribution in [3.8, 4) is 0 Å². The van der Waals surface area contributed by atoms with Gasteiger partial charge in [0.05, 0.1) is 18.7 Å². The van der Waals surface area contributed by atoms with Gasteiger partial charge in [0.15, 0.2) is 5.69 Å². The summed E-state index contributed by atoms with van der Waals surface area (Å²) in [5, 5.41) is 7.99. The molecule has 0 saturated carbocycles. The smallest absolute Gasteiger partial charge is 0.276 e. The number of carbonyl (C=O) groups excluding carboxylic acids is 1. The number of nitrogens with zero attached hydrogens (tertiary/aromatic N) is 4. The molecule has 2 atom stereocenters. The second-order valence-corrected chi connectivity index (χ2v) is 5.51. The van der Waals surface area contributed by atoms with Gasteiger partial charge in [0.25, 0.3) is 5.91 Å². The molecule has 0 bridgehead atoms. The second-order valence-electron chi connectivity index (χ2n) is 5.51. The standard InChI is InChI=1S/C14H19N5O3/c1-9-8-22-17-13(9)14(20)19-7-11(21-2)5-10(19)6-18-4-3-12(15)16-18/h3-4,8,10-11H,5-7H2,1-2H3,(H2,15,16)/t10-,11+/m0/s1. The zero-order chi connectivity index (χ0) is 15.7. The van der Waals surface area contributed by atoms with Crippen LogP contribution in [0.5, 0.6) is 0 Å². The monoisotopic (exact) mass is 305 g/mol. The zero-order valence-electron chi connectivity index (χ0n) is 12.6. The minimum Gasteiger partial charge on any atom is -0.382 e. The van der Waals surface area contributed by atoms with Crippen molar-refractivity contribution in [1.29, 1.82) is 0 Å². The Kier molecular flexibility index (Phi) is 3.84. The summed E-state index contributed by atoms with van der Waals surface area (Å²) in [6.45, 7) is 2.90. The molecule has 1 amide bonds.